The predicted molar refractivity (Wildman–Crippen MR) is 73.7 cm³/mol. The molecule has 1 aromatic carbocycles. The van der Waals surface area contributed by atoms with Gasteiger partial charge < -0.3 is 5.32 Å². The highest BCUT2D eigenvalue weighted by molar-refractivity contribution is 5.50. The Hall–Kier alpha value is -2.08. The minimum atomic E-state index is -0.213. The van der Waals surface area contributed by atoms with Crippen molar-refractivity contribution >= 4 is 0 Å². The molecule has 0 radical (unpaired) electrons. The van der Waals surface area contributed by atoms with Gasteiger partial charge in [-0.25, -0.2) is 4.39 Å². The maximum absolute atomic E-state index is 13.4. The van der Waals surface area contributed by atoms with Crippen molar-refractivity contribution in [3.63, 3.8) is 0 Å². The van der Waals surface area contributed by atoms with Gasteiger partial charge in [-0.05, 0) is 50.5 Å². The first-order valence-corrected chi connectivity index (χ1v) is 6.27. The number of nitrogens with zero attached hydrogens (tertiary/aromatic N) is 1. The monoisotopic (exact) mass is 256 g/mol. The fourth-order valence-electron chi connectivity index (χ4n) is 2.51. The Morgan fingerprint density at radius 2 is 1.84 bits per heavy atom. The molecule has 1 N–H and O–H groups in total. The third-order valence-corrected chi connectivity index (χ3v) is 3.73. The van der Waals surface area contributed by atoms with Gasteiger partial charge in [-0.1, -0.05) is 12.1 Å². The number of hydrogen-bond acceptors (Lipinski definition) is 2. The Kier molecular flexibility index (Phi) is 3.44. The summed E-state index contributed by atoms with van der Waals surface area (Å²) in [4.78, 5) is 0. The number of dihydropyridines is 1. The quantitative estimate of drug-likeness (QED) is 0.826. The van der Waals surface area contributed by atoms with Crippen molar-refractivity contribution in [2.75, 3.05) is 0 Å². The van der Waals surface area contributed by atoms with Crippen molar-refractivity contribution in [1.29, 1.82) is 5.26 Å². The number of benzene rings is 1. The molecule has 1 aliphatic heterocycles. The van der Waals surface area contributed by atoms with E-state index >= 15 is 0 Å². The third-order valence-electron chi connectivity index (χ3n) is 3.73. The second-order valence-electron chi connectivity index (χ2n) is 5.03. The van der Waals surface area contributed by atoms with Crippen LogP contribution < -0.4 is 5.32 Å². The van der Waals surface area contributed by atoms with E-state index in [0.717, 1.165) is 22.5 Å². The first-order chi connectivity index (χ1) is 8.95. The van der Waals surface area contributed by atoms with E-state index in [1.54, 1.807) is 13.0 Å². The van der Waals surface area contributed by atoms with Crippen LogP contribution in [0.2, 0.25) is 0 Å². The molecule has 98 valence electrons. The Balaban J connectivity index is 2.59. The summed E-state index contributed by atoms with van der Waals surface area (Å²) in [5, 5.41) is 12.6. The molecular formula is C16H17FN2. The molecule has 0 bridgehead atoms. The summed E-state index contributed by atoms with van der Waals surface area (Å²) in [6.45, 7) is 7.65. The lowest BCUT2D eigenvalue weighted by Crippen LogP contribution is -2.22. The van der Waals surface area contributed by atoms with Crippen LogP contribution in [0.15, 0.2) is 40.7 Å². The highest BCUT2D eigenvalue weighted by Gasteiger charge is 2.26. The van der Waals surface area contributed by atoms with E-state index in [9.17, 15) is 9.65 Å². The summed E-state index contributed by atoms with van der Waals surface area (Å²) < 4.78 is 13.4. The predicted octanol–water partition coefficient (Wildman–Crippen LogP) is 3.91. The van der Waals surface area contributed by atoms with E-state index in [2.05, 4.69) is 11.4 Å². The van der Waals surface area contributed by atoms with Crippen LogP contribution in [-0.2, 0) is 0 Å². The average Bonchev–Trinajstić information content (AvgIpc) is 2.37. The van der Waals surface area contributed by atoms with Gasteiger partial charge in [0.05, 0.1) is 11.6 Å². The topological polar surface area (TPSA) is 35.8 Å². The first-order valence-electron chi connectivity index (χ1n) is 6.27. The number of allylic oxidation sites excluding steroid dienone is 4. The van der Waals surface area contributed by atoms with Crippen LogP contribution in [0.25, 0.3) is 0 Å². The smallest absolute Gasteiger partial charge is 0.126 e. The van der Waals surface area contributed by atoms with E-state index in [-0.39, 0.29) is 11.7 Å². The van der Waals surface area contributed by atoms with Crippen LogP contribution >= 0.6 is 0 Å². The summed E-state index contributed by atoms with van der Waals surface area (Å²) in [5.74, 6) is -0.291. The average molecular weight is 256 g/mol. The summed E-state index contributed by atoms with van der Waals surface area (Å²) in [6.07, 6.45) is 0. The van der Waals surface area contributed by atoms with Crippen LogP contribution in [0.3, 0.4) is 0 Å². The van der Waals surface area contributed by atoms with Crippen LogP contribution in [0, 0.1) is 24.1 Å². The van der Waals surface area contributed by atoms with Crippen molar-refractivity contribution in [2.24, 2.45) is 0 Å². The van der Waals surface area contributed by atoms with Crippen molar-refractivity contribution in [3.05, 3.63) is 57.7 Å². The second-order valence-corrected chi connectivity index (χ2v) is 5.03. The number of hydrogen-bond donors (Lipinski definition) is 1. The molecule has 1 unspecified atom stereocenters. The maximum Gasteiger partial charge on any atom is 0.126 e. The molecule has 1 aliphatic rings. The lowest BCUT2D eigenvalue weighted by molar-refractivity contribution is 0.617. The van der Waals surface area contributed by atoms with E-state index < -0.39 is 0 Å². The standard InChI is InChI=1S/C16H17FN2/c1-9-7-13(5-6-15(9)17)16-10(2)11(3)19-12(4)14(16)8-18/h5-7,16,19H,1-4H3. The zero-order valence-electron chi connectivity index (χ0n) is 11.6. The second kappa shape index (κ2) is 4.89. The molecule has 0 fully saturated rings. The van der Waals surface area contributed by atoms with Gasteiger partial charge in [-0.2, -0.15) is 5.26 Å². The molecule has 0 saturated heterocycles. The van der Waals surface area contributed by atoms with Crippen LogP contribution in [-0.4, -0.2) is 0 Å². The number of nitrogens with one attached hydrogen (secondary N) is 1. The molecule has 0 amide bonds. The molecule has 1 atom stereocenters. The molecule has 3 heteroatoms. The highest BCUT2D eigenvalue weighted by atomic mass is 19.1. The highest BCUT2D eigenvalue weighted by Crippen LogP contribution is 2.37. The summed E-state index contributed by atoms with van der Waals surface area (Å²) in [6, 6.07) is 7.34. The van der Waals surface area contributed by atoms with Crippen molar-refractivity contribution in [3.8, 4) is 6.07 Å². The molecule has 1 aromatic rings. The molecule has 2 rings (SSSR count). The number of aryl methyl sites for hydroxylation is 1. The van der Waals surface area contributed by atoms with Crippen molar-refractivity contribution < 1.29 is 4.39 Å². The molecule has 0 saturated carbocycles. The maximum atomic E-state index is 13.4. The van der Waals surface area contributed by atoms with Gasteiger partial charge in [0, 0.05) is 17.3 Å². The summed E-state index contributed by atoms with van der Waals surface area (Å²) >= 11 is 0. The van der Waals surface area contributed by atoms with Crippen molar-refractivity contribution in [1.82, 2.24) is 5.32 Å². The molecule has 2 nitrogen and oxygen atoms in total. The summed E-state index contributed by atoms with van der Waals surface area (Å²) in [7, 11) is 0. The lowest BCUT2D eigenvalue weighted by Gasteiger charge is -2.28. The van der Waals surface area contributed by atoms with E-state index in [1.807, 2.05) is 26.8 Å². The van der Waals surface area contributed by atoms with E-state index in [4.69, 9.17) is 0 Å². The molecule has 0 aromatic heterocycles. The third kappa shape index (κ3) is 2.26. The minimum Gasteiger partial charge on any atom is -0.362 e. The summed E-state index contributed by atoms with van der Waals surface area (Å²) in [5.41, 5.74) is 5.31. The van der Waals surface area contributed by atoms with Gasteiger partial charge in [0.25, 0.3) is 0 Å². The molecule has 1 heterocycles. The van der Waals surface area contributed by atoms with Gasteiger partial charge >= 0.3 is 0 Å². The zero-order valence-corrected chi connectivity index (χ0v) is 11.6. The van der Waals surface area contributed by atoms with Gasteiger partial charge in [0.15, 0.2) is 0 Å². The Morgan fingerprint density at radius 3 is 2.42 bits per heavy atom. The Bertz CT molecular complexity index is 633. The largest absolute Gasteiger partial charge is 0.362 e. The van der Waals surface area contributed by atoms with Gasteiger partial charge in [-0.3, -0.25) is 0 Å². The van der Waals surface area contributed by atoms with Crippen LogP contribution in [0.1, 0.15) is 37.8 Å². The van der Waals surface area contributed by atoms with E-state index in [0.29, 0.717) is 11.1 Å². The van der Waals surface area contributed by atoms with Crippen molar-refractivity contribution in [2.45, 2.75) is 33.6 Å². The Morgan fingerprint density at radius 1 is 1.16 bits per heavy atom. The van der Waals surface area contributed by atoms with Crippen LogP contribution in [0.5, 0.6) is 0 Å². The fraction of sp³-hybridized carbons (Fsp3) is 0.312. The van der Waals surface area contributed by atoms with Gasteiger partial charge in [0.2, 0.25) is 0 Å². The van der Waals surface area contributed by atoms with Crippen LogP contribution in [0.4, 0.5) is 4.39 Å². The normalized spacial score (nSPS) is 19.3. The Labute approximate surface area is 113 Å². The number of rotatable bonds is 1. The van der Waals surface area contributed by atoms with E-state index in [1.165, 1.54) is 6.07 Å². The molecular weight excluding hydrogens is 239 g/mol. The minimum absolute atomic E-state index is 0.0782. The van der Waals surface area contributed by atoms with Gasteiger partial charge in [-0.15, -0.1) is 0 Å². The number of halogens is 1. The molecule has 19 heavy (non-hydrogen) atoms. The molecule has 0 spiro atoms. The first kappa shape index (κ1) is 13.4. The number of nitriles is 1. The lowest BCUT2D eigenvalue weighted by atomic mass is 9.81. The molecule has 0 aliphatic carbocycles. The SMILES string of the molecule is CC1=C(C)C(c2ccc(F)c(C)c2)C(C#N)=C(C)N1. The fourth-order valence-corrected chi connectivity index (χ4v) is 2.51. The van der Waals surface area contributed by atoms with Gasteiger partial charge in [0.1, 0.15) is 5.82 Å². The zero-order chi connectivity index (χ0) is 14.2.